The molecular weight excluding hydrogens is 308 g/mol. The predicted octanol–water partition coefficient (Wildman–Crippen LogP) is -0.659. The van der Waals surface area contributed by atoms with Crippen molar-refractivity contribution < 1.29 is 40.5 Å². The summed E-state index contributed by atoms with van der Waals surface area (Å²) in [5.41, 5.74) is 0. The average Bonchev–Trinajstić information content (AvgIpc) is 2.53. The molecule has 0 aromatic heterocycles. The molecule has 0 rings (SSSR count). The molecule has 0 fully saturated rings. The standard InChI is InChI=1S/C9H18O2.2C3H8O3/c1-8(2)6-4-3-5-7-9(10)11;2*4-1-3(6)2-5/h8H,3-7H2,1-2H3,(H,10,11);2*3-6H,1-2H2. The quantitative estimate of drug-likeness (QED) is 0.258. The van der Waals surface area contributed by atoms with Crippen molar-refractivity contribution in [3.05, 3.63) is 0 Å². The first-order valence-electron chi connectivity index (χ1n) is 7.76. The van der Waals surface area contributed by atoms with E-state index in [9.17, 15) is 4.79 Å². The maximum Gasteiger partial charge on any atom is 0.303 e. The maximum absolute atomic E-state index is 10.1. The van der Waals surface area contributed by atoms with Crippen LogP contribution in [0.4, 0.5) is 0 Å². The van der Waals surface area contributed by atoms with Gasteiger partial charge in [0.25, 0.3) is 0 Å². The number of carboxylic acid groups (broad SMARTS) is 1. The van der Waals surface area contributed by atoms with Crippen molar-refractivity contribution in [1.82, 2.24) is 0 Å². The van der Waals surface area contributed by atoms with Crippen LogP contribution in [-0.2, 0) is 4.79 Å². The molecule has 0 saturated heterocycles. The third-order valence-corrected chi connectivity index (χ3v) is 2.52. The summed E-state index contributed by atoms with van der Waals surface area (Å²) in [7, 11) is 0. The highest BCUT2D eigenvalue weighted by Gasteiger charge is 1.97. The fourth-order valence-electron chi connectivity index (χ4n) is 1.12. The fraction of sp³-hybridized carbons (Fsp3) is 0.933. The molecule has 0 bridgehead atoms. The van der Waals surface area contributed by atoms with Crippen LogP contribution in [0.3, 0.4) is 0 Å². The van der Waals surface area contributed by atoms with E-state index in [2.05, 4.69) is 13.8 Å². The largest absolute Gasteiger partial charge is 0.481 e. The second kappa shape index (κ2) is 21.2. The molecule has 0 spiro atoms. The Morgan fingerprint density at radius 1 is 0.783 bits per heavy atom. The minimum absolute atomic E-state index is 0.331. The molecule has 8 heteroatoms. The van der Waals surface area contributed by atoms with Crippen LogP contribution in [0.1, 0.15) is 46.0 Å². The van der Waals surface area contributed by atoms with Gasteiger partial charge in [-0.3, -0.25) is 4.79 Å². The van der Waals surface area contributed by atoms with Gasteiger partial charge >= 0.3 is 5.97 Å². The van der Waals surface area contributed by atoms with Gasteiger partial charge in [0.1, 0.15) is 12.2 Å². The van der Waals surface area contributed by atoms with Gasteiger partial charge in [-0.15, -0.1) is 0 Å². The number of carboxylic acids is 1. The lowest BCUT2D eigenvalue weighted by Crippen LogP contribution is -2.15. The number of unbranched alkanes of at least 4 members (excludes halogenated alkanes) is 2. The zero-order chi connectivity index (χ0) is 18.7. The Kier molecular flexibility index (Phi) is 25.0. The topological polar surface area (TPSA) is 159 Å². The molecule has 0 heterocycles. The van der Waals surface area contributed by atoms with E-state index in [0.717, 1.165) is 18.8 Å². The van der Waals surface area contributed by atoms with Crippen LogP contribution in [0.2, 0.25) is 0 Å². The van der Waals surface area contributed by atoms with E-state index in [4.69, 9.17) is 35.7 Å². The monoisotopic (exact) mass is 342 g/mol. The highest BCUT2D eigenvalue weighted by atomic mass is 16.4. The first-order valence-corrected chi connectivity index (χ1v) is 7.76. The van der Waals surface area contributed by atoms with Crippen molar-refractivity contribution in [2.24, 2.45) is 5.92 Å². The highest BCUT2D eigenvalue weighted by Crippen LogP contribution is 2.08. The average molecular weight is 342 g/mol. The normalized spacial score (nSPS) is 10.2. The van der Waals surface area contributed by atoms with Crippen molar-refractivity contribution in [2.45, 2.75) is 58.2 Å². The number of aliphatic hydroxyl groups is 6. The lowest BCUT2D eigenvalue weighted by atomic mass is 10.0. The first-order chi connectivity index (χ1) is 10.7. The van der Waals surface area contributed by atoms with Crippen molar-refractivity contribution in [3.8, 4) is 0 Å². The zero-order valence-corrected chi connectivity index (χ0v) is 14.1. The van der Waals surface area contributed by atoms with Crippen molar-refractivity contribution in [3.63, 3.8) is 0 Å². The van der Waals surface area contributed by atoms with Crippen LogP contribution in [-0.4, -0.2) is 80.4 Å². The van der Waals surface area contributed by atoms with E-state index in [1.54, 1.807) is 0 Å². The first kappa shape index (κ1) is 27.1. The minimum atomic E-state index is -0.954. The van der Waals surface area contributed by atoms with Crippen molar-refractivity contribution >= 4 is 5.97 Å². The number of hydrogen-bond acceptors (Lipinski definition) is 7. The van der Waals surface area contributed by atoms with Crippen LogP contribution in [0, 0.1) is 5.92 Å². The molecule has 142 valence electrons. The Balaban J connectivity index is -0.000000284. The summed E-state index contributed by atoms with van der Waals surface area (Å²) < 4.78 is 0. The van der Waals surface area contributed by atoms with E-state index >= 15 is 0 Å². The minimum Gasteiger partial charge on any atom is -0.481 e. The van der Waals surface area contributed by atoms with E-state index < -0.39 is 18.2 Å². The molecule has 7 N–H and O–H groups in total. The van der Waals surface area contributed by atoms with Gasteiger partial charge in [-0.1, -0.05) is 33.1 Å². The summed E-state index contributed by atoms with van der Waals surface area (Å²) in [4.78, 5) is 10.1. The summed E-state index contributed by atoms with van der Waals surface area (Å²) in [6.45, 7) is 2.92. The number of aliphatic hydroxyl groups excluding tert-OH is 6. The molecular formula is C15H34O8. The highest BCUT2D eigenvalue weighted by molar-refractivity contribution is 5.66. The van der Waals surface area contributed by atoms with E-state index in [1.807, 2.05) is 0 Å². The lowest BCUT2D eigenvalue weighted by molar-refractivity contribution is -0.137. The Morgan fingerprint density at radius 3 is 1.39 bits per heavy atom. The van der Waals surface area contributed by atoms with E-state index in [-0.39, 0.29) is 26.4 Å². The zero-order valence-electron chi connectivity index (χ0n) is 14.1. The van der Waals surface area contributed by atoms with Gasteiger partial charge in [-0.25, -0.2) is 0 Å². The van der Waals surface area contributed by atoms with Crippen molar-refractivity contribution in [1.29, 1.82) is 0 Å². The molecule has 0 saturated carbocycles. The van der Waals surface area contributed by atoms with Crippen LogP contribution in [0.25, 0.3) is 0 Å². The molecule has 0 amide bonds. The van der Waals surface area contributed by atoms with Gasteiger partial charge in [-0.2, -0.15) is 0 Å². The number of hydrogen-bond donors (Lipinski definition) is 7. The number of rotatable bonds is 10. The van der Waals surface area contributed by atoms with Crippen molar-refractivity contribution in [2.75, 3.05) is 26.4 Å². The van der Waals surface area contributed by atoms with Gasteiger partial charge < -0.3 is 35.7 Å². The summed E-state index contributed by atoms with van der Waals surface area (Å²) in [5, 5.41) is 56.4. The molecule has 0 atom stereocenters. The third kappa shape index (κ3) is 33.8. The fourth-order valence-corrected chi connectivity index (χ4v) is 1.12. The van der Waals surface area contributed by atoms with E-state index in [0.29, 0.717) is 6.42 Å². The molecule has 0 unspecified atom stereocenters. The molecule has 8 nitrogen and oxygen atoms in total. The Morgan fingerprint density at radius 2 is 1.17 bits per heavy atom. The maximum atomic E-state index is 10.1. The van der Waals surface area contributed by atoms with Gasteiger partial charge in [0.2, 0.25) is 0 Å². The molecule has 0 aliphatic heterocycles. The van der Waals surface area contributed by atoms with Gasteiger partial charge in [0.15, 0.2) is 0 Å². The molecule has 0 aromatic carbocycles. The van der Waals surface area contributed by atoms with Gasteiger partial charge in [0.05, 0.1) is 26.4 Å². The van der Waals surface area contributed by atoms with Crippen LogP contribution < -0.4 is 0 Å². The van der Waals surface area contributed by atoms with E-state index in [1.165, 1.54) is 12.8 Å². The Bertz CT molecular complexity index is 218. The van der Waals surface area contributed by atoms with Crippen LogP contribution >= 0.6 is 0 Å². The van der Waals surface area contributed by atoms with Crippen LogP contribution in [0.15, 0.2) is 0 Å². The Labute approximate surface area is 138 Å². The Hall–Kier alpha value is -0.770. The van der Waals surface area contributed by atoms with Crippen LogP contribution in [0.5, 0.6) is 0 Å². The number of aliphatic carboxylic acids is 1. The van der Waals surface area contributed by atoms with Gasteiger partial charge in [0, 0.05) is 6.42 Å². The molecule has 0 aliphatic rings. The summed E-state index contributed by atoms with van der Waals surface area (Å²) in [6.07, 6.45) is 2.71. The second-order valence-corrected chi connectivity index (χ2v) is 5.42. The summed E-state index contributed by atoms with van der Waals surface area (Å²) in [5.74, 6) is 0.0781. The SMILES string of the molecule is CC(C)CCCCCC(=O)O.OCC(O)CO.OCC(O)CO. The lowest BCUT2D eigenvalue weighted by Gasteiger charge is -2.02. The molecule has 23 heavy (non-hydrogen) atoms. The smallest absolute Gasteiger partial charge is 0.303 e. The summed E-state index contributed by atoms with van der Waals surface area (Å²) >= 11 is 0. The summed E-state index contributed by atoms with van der Waals surface area (Å²) in [6, 6.07) is 0. The predicted molar refractivity (Wildman–Crippen MR) is 85.9 cm³/mol. The molecule has 0 radical (unpaired) electrons. The second-order valence-electron chi connectivity index (χ2n) is 5.42. The number of carbonyl (C=O) groups is 1. The molecule has 0 aliphatic carbocycles. The third-order valence-electron chi connectivity index (χ3n) is 2.52. The molecule has 0 aromatic rings. The van der Waals surface area contributed by atoms with Gasteiger partial charge in [-0.05, 0) is 12.3 Å².